The van der Waals surface area contributed by atoms with E-state index in [1.165, 1.54) is 24.8 Å². The lowest BCUT2D eigenvalue weighted by Gasteiger charge is -2.12. The Morgan fingerprint density at radius 3 is 2.92 bits per heavy atom. The number of carbonyl (C=O) groups excluding carboxylic acids is 1. The molecule has 1 heterocycles. The Bertz CT molecular complexity index is 808. The maximum atomic E-state index is 12.0. The third-order valence-electron chi connectivity index (χ3n) is 4.41. The highest BCUT2D eigenvalue weighted by Gasteiger charge is 2.09. The number of allylic oxidation sites excluding steroid dienone is 1. The third-order valence-corrected chi connectivity index (χ3v) is 4.41. The highest BCUT2D eigenvalue weighted by atomic mass is 16.1. The molecule has 0 aliphatic heterocycles. The molecule has 1 aliphatic carbocycles. The number of para-hydroxylation sites is 2. The van der Waals surface area contributed by atoms with Crippen LogP contribution in [0, 0.1) is 0 Å². The van der Waals surface area contributed by atoms with Crippen molar-refractivity contribution in [1.29, 1.82) is 0 Å². The predicted octanol–water partition coefficient (Wildman–Crippen LogP) is 2.86. The van der Waals surface area contributed by atoms with Gasteiger partial charge in [-0.1, -0.05) is 23.8 Å². The Kier molecular flexibility index (Phi) is 5.41. The van der Waals surface area contributed by atoms with E-state index >= 15 is 0 Å². The van der Waals surface area contributed by atoms with Gasteiger partial charge in [0.25, 0.3) is 5.56 Å². The summed E-state index contributed by atoms with van der Waals surface area (Å²) in [5, 5.41) is 2.94. The topological polar surface area (TPSA) is 74.8 Å². The summed E-state index contributed by atoms with van der Waals surface area (Å²) in [6, 6.07) is 7.41. The van der Waals surface area contributed by atoms with Crippen LogP contribution in [-0.4, -0.2) is 22.4 Å². The van der Waals surface area contributed by atoms with Gasteiger partial charge in [-0.2, -0.15) is 0 Å². The summed E-state index contributed by atoms with van der Waals surface area (Å²) in [7, 11) is 0. The maximum absolute atomic E-state index is 12.0. The second kappa shape index (κ2) is 7.90. The molecule has 24 heavy (non-hydrogen) atoms. The fraction of sp³-hybridized carbons (Fsp3) is 0.421. The first-order chi connectivity index (χ1) is 11.7. The van der Waals surface area contributed by atoms with Gasteiger partial charge in [0.05, 0.1) is 11.0 Å². The van der Waals surface area contributed by atoms with E-state index in [2.05, 4.69) is 21.4 Å². The van der Waals surface area contributed by atoms with Crippen molar-refractivity contribution in [3.63, 3.8) is 0 Å². The number of benzene rings is 1. The molecule has 126 valence electrons. The largest absolute Gasteiger partial charge is 0.356 e. The number of carbonyl (C=O) groups is 1. The molecular weight excluding hydrogens is 302 g/mol. The number of H-pyrrole nitrogens is 1. The minimum absolute atomic E-state index is 0.0271. The molecule has 3 rings (SSSR count). The number of hydrogen-bond donors (Lipinski definition) is 2. The second-order valence-corrected chi connectivity index (χ2v) is 6.24. The molecule has 0 atom stereocenters. The van der Waals surface area contributed by atoms with E-state index in [-0.39, 0.29) is 17.9 Å². The number of nitrogens with zero attached hydrogens (tertiary/aromatic N) is 1. The number of aryl methyl sites for hydroxylation is 1. The number of aromatic nitrogens is 2. The van der Waals surface area contributed by atoms with Crippen LogP contribution in [0.5, 0.6) is 0 Å². The van der Waals surface area contributed by atoms with E-state index in [1.54, 1.807) is 0 Å². The average Bonchev–Trinajstić information content (AvgIpc) is 2.61. The van der Waals surface area contributed by atoms with Crippen molar-refractivity contribution in [3.8, 4) is 0 Å². The van der Waals surface area contributed by atoms with Gasteiger partial charge in [0.15, 0.2) is 0 Å². The standard InChI is InChI=1S/C19H23N3O2/c23-18(20-13-12-14-6-2-1-3-7-14)11-10-17-19(24)22-16-9-5-4-8-15(16)21-17/h4-6,8-9H,1-3,7,10-13H2,(H,20,23)(H,22,24). The van der Waals surface area contributed by atoms with Gasteiger partial charge in [0.1, 0.15) is 5.69 Å². The molecule has 0 radical (unpaired) electrons. The fourth-order valence-corrected chi connectivity index (χ4v) is 3.05. The molecule has 0 saturated carbocycles. The summed E-state index contributed by atoms with van der Waals surface area (Å²) >= 11 is 0. The minimum atomic E-state index is -0.214. The fourth-order valence-electron chi connectivity index (χ4n) is 3.05. The van der Waals surface area contributed by atoms with Gasteiger partial charge >= 0.3 is 0 Å². The smallest absolute Gasteiger partial charge is 0.270 e. The molecule has 2 aromatic rings. The number of aromatic amines is 1. The summed E-state index contributed by atoms with van der Waals surface area (Å²) in [5.41, 5.74) is 3.12. The van der Waals surface area contributed by atoms with Crippen molar-refractivity contribution in [2.45, 2.75) is 44.9 Å². The number of fused-ring (bicyclic) bond motifs is 1. The van der Waals surface area contributed by atoms with Gasteiger partial charge in [0, 0.05) is 19.4 Å². The monoisotopic (exact) mass is 325 g/mol. The molecule has 0 saturated heterocycles. The number of nitrogens with one attached hydrogen (secondary N) is 2. The average molecular weight is 325 g/mol. The van der Waals surface area contributed by atoms with Crippen molar-refractivity contribution in [2.24, 2.45) is 0 Å². The van der Waals surface area contributed by atoms with Crippen molar-refractivity contribution >= 4 is 16.9 Å². The van der Waals surface area contributed by atoms with Crippen LogP contribution in [-0.2, 0) is 11.2 Å². The van der Waals surface area contributed by atoms with E-state index in [0.717, 1.165) is 23.9 Å². The normalized spacial score (nSPS) is 14.4. The van der Waals surface area contributed by atoms with Gasteiger partial charge in [-0.25, -0.2) is 4.98 Å². The molecule has 5 nitrogen and oxygen atoms in total. The number of amides is 1. The van der Waals surface area contributed by atoms with Gasteiger partial charge < -0.3 is 10.3 Å². The molecule has 0 unspecified atom stereocenters. The minimum Gasteiger partial charge on any atom is -0.356 e. The van der Waals surface area contributed by atoms with Crippen LogP contribution in [0.1, 0.15) is 44.2 Å². The zero-order valence-electron chi connectivity index (χ0n) is 13.8. The van der Waals surface area contributed by atoms with Gasteiger partial charge in [-0.15, -0.1) is 0 Å². The van der Waals surface area contributed by atoms with Crippen LogP contribution in [0.25, 0.3) is 11.0 Å². The lowest BCUT2D eigenvalue weighted by molar-refractivity contribution is -0.121. The van der Waals surface area contributed by atoms with E-state index in [9.17, 15) is 9.59 Å². The molecule has 1 aliphatic rings. The summed E-state index contributed by atoms with van der Waals surface area (Å²) in [6.45, 7) is 0.673. The first kappa shape index (κ1) is 16.4. The third kappa shape index (κ3) is 4.31. The van der Waals surface area contributed by atoms with Gasteiger partial charge in [0.2, 0.25) is 5.91 Å². The first-order valence-electron chi connectivity index (χ1n) is 8.65. The lowest BCUT2D eigenvalue weighted by Crippen LogP contribution is -2.26. The summed E-state index contributed by atoms with van der Waals surface area (Å²) < 4.78 is 0. The Morgan fingerprint density at radius 2 is 2.08 bits per heavy atom. The zero-order valence-corrected chi connectivity index (χ0v) is 13.8. The Labute approximate surface area is 141 Å². The van der Waals surface area contributed by atoms with Crippen LogP contribution in [0.3, 0.4) is 0 Å². The highest BCUT2D eigenvalue weighted by molar-refractivity contribution is 5.76. The van der Waals surface area contributed by atoms with Crippen molar-refractivity contribution in [1.82, 2.24) is 15.3 Å². The van der Waals surface area contributed by atoms with Gasteiger partial charge in [-0.3, -0.25) is 9.59 Å². The molecule has 2 N–H and O–H groups in total. The number of rotatable bonds is 6. The quantitative estimate of drug-likeness (QED) is 0.802. The molecule has 0 fully saturated rings. The van der Waals surface area contributed by atoms with E-state index in [4.69, 9.17) is 0 Å². The van der Waals surface area contributed by atoms with Gasteiger partial charge in [-0.05, 0) is 44.2 Å². The van der Waals surface area contributed by atoms with Crippen LogP contribution >= 0.6 is 0 Å². The van der Waals surface area contributed by atoms with Crippen molar-refractivity contribution < 1.29 is 4.79 Å². The van der Waals surface area contributed by atoms with Crippen LogP contribution < -0.4 is 10.9 Å². The maximum Gasteiger partial charge on any atom is 0.270 e. The van der Waals surface area contributed by atoms with Crippen LogP contribution in [0.2, 0.25) is 0 Å². The summed E-state index contributed by atoms with van der Waals surface area (Å²) in [5.74, 6) is -0.0271. The first-order valence-corrected chi connectivity index (χ1v) is 8.65. The second-order valence-electron chi connectivity index (χ2n) is 6.24. The Hall–Kier alpha value is -2.43. The van der Waals surface area contributed by atoms with E-state index < -0.39 is 0 Å². The predicted molar refractivity (Wildman–Crippen MR) is 94.9 cm³/mol. The molecule has 1 aromatic heterocycles. The molecule has 1 aromatic carbocycles. The SMILES string of the molecule is O=C(CCc1nc2ccccc2[nH]c1=O)NCCC1=CCCCC1. The van der Waals surface area contributed by atoms with E-state index in [1.807, 2.05) is 24.3 Å². The van der Waals surface area contributed by atoms with Crippen LogP contribution in [0.15, 0.2) is 40.7 Å². The summed E-state index contributed by atoms with van der Waals surface area (Å²) in [4.78, 5) is 31.1. The van der Waals surface area contributed by atoms with E-state index in [0.29, 0.717) is 18.7 Å². The molecule has 0 spiro atoms. The summed E-state index contributed by atoms with van der Waals surface area (Å²) in [6.07, 6.45) is 8.74. The zero-order chi connectivity index (χ0) is 16.8. The van der Waals surface area contributed by atoms with Crippen molar-refractivity contribution in [3.05, 3.63) is 52.0 Å². The highest BCUT2D eigenvalue weighted by Crippen LogP contribution is 2.19. The molecular formula is C19H23N3O2. The molecule has 5 heteroatoms. The Balaban J connectivity index is 1.50. The number of hydrogen-bond acceptors (Lipinski definition) is 3. The lowest BCUT2D eigenvalue weighted by atomic mass is 9.97. The molecule has 1 amide bonds. The Morgan fingerprint density at radius 1 is 1.21 bits per heavy atom. The molecule has 0 bridgehead atoms. The van der Waals surface area contributed by atoms with Crippen LogP contribution in [0.4, 0.5) is 0 Å². The van der Waals surface area contributed by atoms with Crippen molar-refractivity contribution in [2.75, 3.05) is 6.54 Å².